The van der Waals surface area contributed by atoms with Crippen molar-refractivity contribution in [1.29, 1.82) is 0 Å². The van der Waals surface area contributed by atoms with Crippen LogP contribution in [0.3, 0.4) is 0 Å². The van der Waals surface area contributed by atoms with Gasteiger partial charge in [0.05, 0.1) is 29.0 Å². The molecule has 1 aliphatic rings. The molecule has 1 unspecified atom stereocenters. The van der Waals surface area contributed by atoms with Crippen molar-refractivity contribution in [3.05, 3.63) is 70.8 Å². The molecule has 162 valence electrons. The van der Waals surface area contributed by atoms with Crippen LogP contribution in [0, 0.1) is 0 Å². The van der Waals surface area contributed by atoms with Crippen LogP contribution >= 0.6 is 0 Å². The number of ether oxygens (including phenoxy) is 1. The van der Waals surface area contributed by atoms with Crippen molar-refractivity contribution in [3.63, 3.8) is 0 Å². The Hall–Kier alpha value is -3.58. The maximum absolute atomic E-state index is 13.1. The summed E-state index contributed by atoms with van der Waals surface area (Å²) in [5.74, 6) is -0.0117. The summed E-state index contributed by atoms with van der Waals surface area (Å²) in [4.78, 5) is 36.5. The molecule has 0 saturated carbocycles. The van der Waals surface area contributed by atoms with Crippen LogP contribution in [0.15, 0.2) is 59.7 Å². The average Bonchev–Trinajstić information content (AvgIpc) is 2.85. The first kappa shape index (κ1) is 20.3. The van der Waals surface area contributed by atoms with E-state index in [0.29, 0.717) is 28.7 Å². The van der Waals surface area contributed by atoms with Crippen LogP contribution in [-0.2, 0) is 11.8 Å². The second kappa shape index (κ2) is 8.16. The normalized spacial score (nSPS) is 16.6. The first-order chi connectivity index (χ1) is 15.5. The molecule has 0 radical (unpaired) electrons. The van der Waals surface area contributed by atoms with E-state index in [2.05, 4.69) is 4.98 Å². The molecule has 2 aromatic carbocycles. The van der Waals surface area contributed by atoms with Crippen LogP contribution < -0.4 is 5.56 Å². The van der Waals surface area contributed by atoms with E-state index in [1.54, 1.807) is 43.3 Å². The Morgan fingerprint density at radius 3 is 2.84 bits per heavy atom. The highest BCUT2D eigenvalue weighted by Gasteiger charge is 2.24. The number of hydrogen-bond donors (Lipinski definition) is 0. The van der Waals surface area contributed by atoms with Crippen molar-refractivity contribution >= 4 is 27.7 Å². The van der Waals surface area contributed by atoms with Gasteiger partial charge in [-0.15, -0.1) is 0 Å². The standard InChI is InChI=1S/C25H24N4O3/c1-28-11-9-16-12-17(5-7-20(16)25(28)31)23-14-26-21-8-6-18(13-22(21)27-23)24(30)29-10-3-4-19(15-29)32-2/h5-9,11-14,19H,3-4,10,15H2,1-2H3. The van der Waals surface area contributed by atoms with E-state index >= 15 is 0 Å². The number of hydrogen-bond acceptors (Lipinski definition) is 5. The second-order valence-electron chi connectivity index (χ2n) is 8.24. The lowest BCUT2D eigenvalue weighted by Crippen LogP contribution is -2.42. The summed E-state index contributed by atoms with van der Waals surface area (Å²) in [5, 5.41) is 1.52. The van der Waals surface area contributed by atoms with E-state index in [0.717, 1.165) is 35.9 Å². The Bertz CT molecular complexity index is 1400. The number of amides is 1. The zero-order valence-corrected chi connectivity index (χ0v) is 18.1. The summed E-state index contributed by atoms with van der Waals surface area (Å²) in [6, 6.07) is 13.0. The number of carbonyl (C=O) groups excluding carboxylic acids is 1. The molecule has 0 spiro atoms. The molecule has 5 rings (SSSR count). The molecule has 7 nitrogen and oxygen atoms in total. The zero-order valence-electron chi connectivity index (χ0n) is 18.1. The minimum absolute atomic E-state index is 0.0117. The monoisotopic (exact) mass is 428 g/mol. The predicted molar refractivity (Wildman–Crippen MR) is 124 cm³/mol. The maximum atomic E-state index is 13.1. The predicted octanol–water partition coefficient (Wildman–Crippen LogP) is 3.40. The molecule has 1 amide bonds. The van der Waals surface area contributed by atoms with Crippen LogP contribution in [-0.4, -0.2) is 51.6 Å². The van der Waals surface area contributed by atoms with E-state index in [-0.39, 0.29) is 17.6 Å². The number of nitrogens with zero attached hydrogens (tertiary/aromatic N) is 4. The van der Waals surface area contributed by atoms with Gasteiger partial charge in [-0.05, 0) is 54.6 Å². The summed E-state index contributed by atoms with van der Waals surface area (Å²) in [5.41, 5.74) is 3.53. The van der Waals surface area contributed by atoms with E-state index in [9.17, 15) is 9.59 Å². The molecule has 32 heavy (non-hydrogen) atoms. The van der Waals surface area contributed by atoms with E-state index in [4.69, 9.17) is 9.72 Å². The third-order valence-corrected chi connectivity index (χ3v) is 6.16. The highest BCUT2D eigenvalue weighted by Crippen LogP contribution is 2.24. The number of aryl methyl sites for hydroxylation is 1. The Kier molecular flexibility index (Phi) is 5.19. The van der Waals surface area contributed by atoms with Gasteiger partial charge in [0.25, 0.3) is 11.5 Å². The minimum Gasteiger partial charge on any atom is -0.380 e. The molecule has 0 aliphatic carbocycles. The van der Waals surface area contributed by atoms with Gasteiger partial charge >= 0.3 is 0 Å². The summed E-state index contributed by atoms with van der Waals surface area (Å²) in [7, 11) is 3.43. The van der Waals surface area contributed by atoms with Gasteiger partial charge < -0.3 is 14.2 Å². The average molecular weight is 428 g/mol. The van der Waals surface area contributed by atoms with Crippen molar-refractivity contribution in [2.75, 3.05) is 20.2 Å². The fourth-order valence-electron chi connectivity index (χ4n) is 4.29. The first-order valence-corrected chi connectivity index (χ1v) is 10.7. The second-order valence-corrected chi connectivity index (χ2v) is 8.24. The molecule has 3 heterocycles. The van der Waals surface area contributed by atoms with Crippen LogP contribution in [0.5, 0.6) is 0 Å². The van der Waals surface area contributed by atoms with Crippen LogP contribution in [0.4, 0.5) is 0 Å². The molecule has 0 bridgehead atoms. The number of aromatic nitrogens is 3. The highest BCUT2D eigenvalue weighted by molar-refractivity contribution is 5.97. The lowest BCUT2D eigenvalue weighted by atomic mass is 10.1. The van der Waals surface area contributed by atoms with Gasteiger partial charge in [0.2, 0.25) is 0 Å². The number of fused-ring (bicyclic) bond motifs is 2. The van der Waals surface area contributed by atoms with Crippen LogP contribution in [0.2, 0.25) is 0 Å². The summed E-state index contributed by atoms with van der Waals surface area (Å²) < 4.78 is 7.01. The lowest BCUT2D eigenvalue weighted by Gasteiger charge is -2.32. The van der Waals surface area contributed by atoms with E-state index in [1.165, 1.54) is 0 Å². The number of carbonyl (C=O) groups is 1. The van der Waals surface area contributed by atoms with Crippen LogP contribution in [0.1, 0.15) is 23.2 Å². The SMILES string of the molecule is COC1CCCN(C(=O)c2ccc3ncc(-c4ccc5c(=O)n(C)ccc5c4)nc3c2)C1. The molecule has 1 atom stereocenters. The number of benzene rings is 2. The van der Waals surface area contributed by atoms with Crippen molar-refractivity contribution < 1.29 is 9.53 Å². The fourth-order valence-corrected chi connectivity index (χ4v) is 4.29. The fraction of sp³-hybridized carbons (Fsp3) is 0.280. The zero-order chi connectivity index (χ0) is 22.2. The van der Waals surface area contributed by atoms with Crippen LogP contribution in [0.25, 0.3) is 33.1 Å². The van der Waals surface area contributed by atoms with Crippen molar-refractivity contribution in [2.24, 2.45) is 7.05 Å². The largest absolute Gasteiger partial charge is 0.380 e. The van der Waals surface area contributed by atoms with Gasteiger partial charge in [0.1, 0.15) is 0 Å². The molecule has 0 N–H and O–H groups in total. The Morgan fingerprint density at radius 2 is 2.00 bits per heavy atom. The molecule has 1 aliphatic heterocycles. The van der Waals surface area contributed by atoms with Crippen molar-refractivity contribution in [1.82, 2.24) is 19.4 Å². The smallest absolute Gasteiger partial charge is 0.258 e. The number of methoxy groups -OCH3 is 1. The Balaban J connectivity index is 1.50. The van der Waals surface area contributed by atoms with Gasteiger partial charge in [-0.1, -0.05) is 6.07 Å². The van der Waals surface area contributed by atoms with Crippen molar-refractivity contribution in [2.45, 2.75) is 18.9 Å². The Morgan fingerprint density at radius 1 is 1.12 bits per heavy atom. The number of pyridine rings is 1. The minimum atomic E-state index is -0.0322. The number of piperidine rings is 1. The first-order valence-electron chi connectivity index (χ1n) is 10.7. The summed E-state index contributed by atoms with van der Waals surface area (Å²) >= 11 is 0. The third-order valence-electron chi connectivity index (χ3n) is 6.16. The van der Waals surface area contributed by atoms with Gasteiger partial charge in [-0.25, -0.2) is 4.98 Å². The molecular weight excluding hydrogens is 404 g/mol. The Labute approximate surface area is 185 Å². The molecule has 4 aromatic rings. The molecular formula is C25H24N4O3. The summed E-state index contributed by atoms with van der Waals surface area (Å²) in [6.45, 7) is 1.34. The molecule has 2 aromatic heterocycles. The topological polar surface area (TPSA) is 77.3 Å². The quantitative estimate of drug-likeness (QED) is 0.500. The maximum Gasteiger partial charge on any atom is 0.258 e. The number of likely N-dealkylation sites (tertiary alicyclic amines) is 1. The summed E-state index contributed by atoms with van der Waals surface area (Å²) in [6.07, 6.45) is 5.48. The highest BCUT2D eigenvalue weighted by atomic mass is 16.5. The van der Waals surface area contributed by atoms with Gasteiger partial charge in [-0.2, -0.15) is 0 Å². The number of rotatable bonds is 3. The molecule has 1 fully saturated rings. The van der Waals surface area contributed by atoms with E-state index in [1.807, 2.05) is 35.2 Å². The van der Waals surface area contributed by atoms with E-state index < -0.39 is 0 Å². The molecule has 7 heteroatoms. The van der Waals surface area contributed by atoms with Crippen molar-refractivity contribution in [3.8, 4) is 11.3 Å². The van der Waals surface area contributed by atoms with Gasteiger partial charge in [0.15, 0.2) is 0 Å². The van der Waals surface area contributed by atoms with Gasteiger partial charge in [-0.3, -0.25) is 14.6 Å². The lowest BCUT2D eigenvalue weighted by molar-refractivity contribution is 0.0269. The molecule has 1 saturated heterocycles. The van der Waals surface area contributed by atoms with Gasteiger partial charge in [0, 0.05) is 50.0 Å². The third kappa shape index (κ3) is 3.65.